The number of rotatable bonds is 2. The first-order valence-electron chi connectivity index (χ1n) is 5.21. The zero-order chi connectivity index (χ0) is 9.97. The van der Waals surface area contributed by atoms with Crippen LogP contribution >= 0.6 is 0 Å². The van der Waals surface area contributed by atoms with Gasteiger partial charge >= 0.3 is 0 Å². The molecule has 1 aromatic carbocycles. The van der Waals surface area contributed by atoms with E-state index in [-0.39, 0.29) is 0 Å². The van der Waals surface area contributed by atoms with Crippen LogP contribution in [0.3, 0.4) is 0 Å². The van der Waals surface area contributed by atoms with E-state index in [0.717, 1.165) is 5.75 Å². The second kappa shape index (κ2) is 3.91. The third-order valence-electron chi connectivity index (χ3n) is 2.78. The van der Waals surface area contributed by atoms with Crippen molar-refractivity contribution in [2.75, 3.05) is 25.1 Å². The number of nitrogens with zero attached hydrogens (tertiary/aromatic N) is 1. The summed E-state index contributed by atoms with van der Waals surface area (Å²) in [5, 5.41) is 0. The molecule has 0 N–H and O–H groups in total. The molecular weight excluding hydrogens is 174 g/mol. The van der Waals surface area contributed by atoms with E-state index in [0.29, 0.717) is 0 Å². The number of aryl methyl sites for hydroxylation is 1. The monoisotopic (exact) mass is 191 g/mol. The lowest BCUT2D eigenvalue weighted by molar-refractivity contribution is 0.415. The van der Waals surface area contributed by atoms with Gasteiger partial charge in [-0.05, 0) is 37.5 Å². The van der Waals surface area contributed by atoms with E-state index in [1.54, 1.807) is 7.11 Å². The first-order valence-corrected chi connectivity index (χ1v) is 5.21. The van der Waals surface area contributed by atoms with E-state index >= 15 is 0 Å². The van der Waals surface area contributed by atoms with Gasteiger partial charge in [0.2, 0.25) is 0 Å². The fourth-order valence-electron chi connectivity index (χ4n) is 2.01. The van der Waals surface area contributed by atoms with Gasteiger partial charge in [-0.25, -0.2) is 0 Å². The summed E-state index contributed by atoms with van der Waals surface area (Å²) in [4.78, 5) is 2.41. The summed E-state index contributed by atoms with van der Waals surface area (Å²) < 4.78 is 5.37. The highest BCUT2D eigenvalue weighted by Crippen LogP contribution is 2.31. The standard InChI is InChI=1S/C12H17NO/c1-10-5-6-12(14-2)11(9-10)13-7-3-4-8-13/h5-6,9H,3-4,7-8H2,1-2H3. The van der Waals surface area contributed by atoms with E-state index in [9.17, 15) is 0 Å². The molecule has 1 heterocycles. The average Bonchev–Trinajstić information content (AvgIpc) is 2.70. The van der Waals surface area contributed by atoms with Crippen LogP contribution < -0.4 is 9.64 Å². The Morgan fingerprint density at radius 1 is 1.21 bits per heavy atom. The minimum absolute atomic E-state index is 0.998. The van der Waals surface area contributed by atoms with Crippen LogP contribution in [0, 0.1) is 6.92 Å². The van der Waals surface area contributed by atoms with E-state index in [2.05, 4.69) is 30.0 Å². The molecule has 76 valence electrons. The largest absolute Gasteiger partial charge is 0.495 e. The number of ether oxygens (including phenoxy) is 1. The fourth-order valence-corrected chi connectivity index (χ4v) is 2.01. The van der Waals surface area contributed by atoms with Gasteiger partial charge in [0.15, 0.2) is 0 Å². The molecule has 0 saturated carbocycles. The second-order valence-corrected chi connectivity index (χ2v) is 3.87. The van der Waals surface area contributed by atoms with Crippen LogP contribution in [0.2, 0.25) is 0 Å². The molecule has 1 aliphatic heterocycles. The second-order valence-electron chi connectivity index (χ2n) is 3.87. The van der Waals surface area contributed by atoms with Gasteiger partial charge in [-0.1, -0.05) is 6.07 Å². The zero-order valence-corrected chi connectivity index (χ0v) is 8.92. The summed E-state index contributed by atoms with van der Waals surface area (Å²) in [6, 6.07) is 6.37. The normalized spacial score (nSPS) is 16.0. The van der Waals surface area contributed by atoms with Gasteiger partial charge in [0.25, 0.3) is 0 Å². The number of methoxy groups -OCH3 is 1. The van der Waals surface area contributed by atoms with Crippen LogP contribution in [0.1, 0.15) is 18.4 Å². The number of anilines is 1. The van der Waals surface area contributed by atoms with E-state index in [1.807, 2.05) is 0 Å². The van der Waals surface area contributed by atoms with Crippen molar-refractivity contribution in [1.82, 2.24) is 0 Å². The van der Waals surface area contributed by atoms with Gasteiger partial charge in [0, 0.05) is 13.1 Å². The summed E-state index contributed by atoms with van der Waals surface area (Å²) in [6.45, 7) is 4.46. The summed E-state index contributed by atoms with van der Waals surface area (Å²) in [5.41, 5.74) is 2.55. The molecule has 2 nitrogen and oxygen atoms in total. The highest BCUT2D eigenvalue weighted by Gasteiger charge is 2.15. The zero-order valence-electron chi connectivity index (χ0n) is 8.92. The molecular formula is C12H17NO. The SMILES string of the molecule is COc1ccc(C)cc1N1CCCC1. The maximum Gasteiger partial charge on any atom is 0.142 e. The van der Waals surface area contributed by atoms with Crippen LogP contribution in [0.25, 0.3) is 0 Å². The van der Waals surface area contributed by atoms with Gasteiger partial charge in [-0.2, -0.15) is 0 Å². The quantitative estimate of drug-likeness (QED) is 0.712. The Hall–Kier alpha value is -1.18. The molecule has 1 fully saturated rings. The lowest BCUT2D eigenvalue weighted by atomic mass is 10.2. The van der Waals surface area contributed by atoms with E-state index in [4.69, 9.17) is 4.74 Å². The third kappa shape index (κ3) is 1.69. The number of hydrogen-bond donors (Lipinski definition) is 0. The van der Waals surface area contributed by atoms with Crippen molar-refractivity contribution < 1.29 is 4.74 Å². The Kier molecular flexibility index (Phi) is 2.62. The number of benzene rings is 1. The Morgan fingerprint density at radius 3 is 2.57 bits per heavy atom. The lowest BCUT2D eigenvalue weighted by Gasteiger charge is -2.20. The molecule has 0 bridgehead atoms. The molecule has 0 unspecified atom stereocenters. The van der Waals surface area contributed by atoms with Gasteiger partial charge < -0.3 is 9.64 Å². The molecule has 0 radical (unpaired) electrons. The predicted molar refractivity (Wildman–Crippen MR) is 59.2 cm³/mol. The molecule has 1 aliphatic rings. The van der Waals surface area contributed by atoms with Gasteiger partial charge in [0.05, 0.1) is 12.8 Å². The van der Waals surface area contributed by atoms with Crippen molar-refractivity contribution in [3.8, 4) is 5.75 Å². The molecule has 0 aliphatic carbocycles. The van der Waals surface area contributed by atoms with Crippen molar-refractivity contribution in [2.45, 2.75) is 19.8 Å². The molecule has 1 saturated heterocycles. The van der Waals surface area contributed by atoms with Crippen LogP contribution in [0.15, 0.2) is 18.2 Å². The molecule has 0 aromatic heterocycles. The van der Waals surface area contributed by atoms with Crippen LogP contribution in [-0.2, 0) is 0 Å². The molecule has 2 heteroatoms. The smallest absolute Gasteiger partial charge is 0.142 e. The van der Waals surface area contributed by atoms with Crippen molar-refractivity contribution >= 4 is 5.69 Å². The van der Waals surface area contributed by atoms with Gasteiger partial charge in [-0.15, -0.1) is 0 Å². The first-order chi connectivity index (χ1) is 6.81. The summed E-state index contributed by atoms with van der Waals surface area (Å²) >= 11 is 0. The summed E-state index contributed by atoms with van der Waals surface area (Å²) in [7, 11) is 1.74. The lowest BCUT2D eigenvalue weighted by Crippen LogP contribution is -2.18. The Balaban J connectivity index is 2.33. The highest BCUT2D eigenvalue weighted by atomic mass is 16.5. The summed E-state index contributed by atoms with van der Waals surface area (Å²) in [5.74, 6) is 0.998. The minimum Gasteiger partial charge on any atom is -0.495 e. The molecule has 2 rings (SSSR count). The maximum absolute atomic E-state index is 5.37. The third-order valence-corrected chi connectivity index (χ3v) is 2.78. The Labute approximate surface area is 85.5 Å². The fraction of sp³-hybridized carbons (Fsp3) is 0.500. The van der Waals surface area contributed by atoms with E-state index < -0.39 is 0 Å². The molecule has 0 atom stereocenters. The molecule has 14 heavy (non-hydrogen) atoms. The molecule has 0 spiro atoms. The average molecular weight is 191 g/mol. The van der Waals surface area contributed by atoms with Gasteiger partial charge in [0.1, 0.15) is 5.75 Å². The molecule has 1 aromatic rings. The Bertz CT molecular complexity index is 316. The highest BCUT2D eigenvalue weighted by molar-refractivity contribution is 5.60. The Morgan fingerprint density at radius 2 is 1.93 bits per heavy atom. The van der Waals surface area contributed by atoms with E-state index in [1.165, 1.54) is 37.2 Å². The minimum atomic E-state index is 0.998. The number of hydrogen-bond acceptors (Lipinski definition) is 2. The van der Waals surface area contributed by atoms with Crippen LogP contribution in [0.5, 0.6) is 5.75 Å². The van der Waals surface area contributed by atoms with Crippen molar-refractivity contribution in [3.05, 3.63) is 23.8 Å². The van der Waals surface area contributed by atoms with Crippen molar-refractivity contribution in [2.24, 2.45) is 0 Å². The van der Waals surface area contributed by atoms with Crippen molar-refractivity contribution in [3.63, 3.8) is 0 Å². The first kappa shape index (κ1) is 9.38. The van der Waals surface area contributed by atoms with Crippen molar-refractivity contribution in [1.29, 1.82) is 0 Å². The van der Waals surface area contributed by atoms with Crippen LogP contribution in [-0.4, -0.2) is 20.2 Å². The van der Waals surface area contributed by atoms with Gasteiger partial charge in [-0.3, -0.25) is 0 Å². The maximum atomic E-state index is 5.37. The van der Waals surface area contributed by atoms with Crippen LogP contribution in [0.4, 0.5) is 5.69 Å². The predicted octanol–water partition coefficient (Wildman–Crippen LogP) is 2.60. The topological polar surface area (TPSA) is 12.5 Å². The molecule has 0 amide bonds. The summed E-state index contributed by atoms with van der Waals surface area (Å²) in [6.07, 6.45) is 2.61.